The summed E-state index contributed by atoms with van der Waals surface area (Å²) in [5.41, 5.74) is 0.753. The fourth-order valence-corrected chi connectivity index (χ4v) is 2.90. The van der Waals surface area contributed by atoms with Gasteiger partial charge in [-0.3, -0.25) is 9.20 Å². The number of carbonyl (C=O) groups excluding carboxylic acids is 1. The molecule has 7 heteroatoms. The number of fused-ring (bicyclic) bond motifs is 1. The van der Waals surface area contributed by atoms with Gasteiger partial charge in [-0.1, -0.05) is 6.92 Å². The summed E-state index contributed by atoms with van der Waals surface area (Å²) in [6.45, 7) is 2.80. The number of aromatic nitrogens is 3. The molecule has 1 fully saturated rings. The van der Waals surface area contributed by atoms with E-state index in [0.29, 0.717) is 42.5 Å². The maximum Gasteiger partial charge on any atom is 0.236 e. The number of hydrogen-bond donors (Lipinski definition) is 1. The molecule has 1 aliphatic heterocycles. The van der Waals surface area contributed by atoms with Gasteiger partial charge in [-0.25, -0.2) is 14.4 Å². The third-order valence-corrected chi connectivity index (χ3v) is 4.67. The van der Waals surface area contributed by atoms with Gasteiger partial charge in [-0.2, -0.15) is 0 Å². The van der Waals surface area contributed by atoms with Crippen LogP contribution in [-0.2, 0) is 9.53 Å². The summed E-state index contributed by atoms with van der Waals surface area (Å²) in [5.74, 6) is 0.565. The molecular weight excluding hydrogens is 323 g/mol. The van der Waals surface area contributed by atoms with Crippen LogP contribution in [0.3, 0.4) is 0 Å². The molecule has 0 radical (unpaired) electrons. The molecule has 0 spiro atoms. The van der Waals surface area contributed by atoms with Crippen LogP contribution in [0.15, 0.2) is 42.7 Å². The van der Waals surface area contributed by atoms with E-state index in [2.05, 4.69) is 15.3 Å². The minimum Gasteiger partial charge on any atom is -0.379 e. The summed E-state index contributed by atoms with van der Waals surface area (Å²) < 4.78 is 20.2. The minimum atomic E-state index is -0.508. The number of benzene rings is 1. The van der Waals surface area contributed by atoms with Crippen molar-refractivity contribution in [2.75, 3.05) is 18.5 Å². The zero-order valence-corrected chi connectivity index (χ0v) is 13.7. The van der Waals surface area contributed by atoms with Crippen molar-refractivity contribution >= 4 is 17.5 Å². The number of rotatable bonds is 4. The topological polar surface area (TPSA) is 68.5 Å². The van der Waals surface area contributed by atoms with Crippen LogP contribution in [0, 0.1) is 11.2 Å². The lowest BCUT2D eigenvalue weighted by atomic mass is 9.82. The van der Waals surface area contributed by atoms with Crippen molar-refractivity contribution in [3.8, 4) is 11.3 Å². The van der Waals surface area contributed by atoms with E-state index in [1.54, 1.807) is 35.0 Å². The molecular formula is C18H17FN4O2. The van der Waals surface area contributed by atoms with Crippen LogP contribution in [0.25, 0.3) is 17.0 Å². The van der Waals surface area contributed by atoms with E-state index in [-0.39, 0.29) is 11.7 Å². The first kappa shape index (κ1) is 15.7. The molecule has 0 unspecified atom stereocenters. The molecule has 1 N–H and O–H groups in total. The van der Waals surface area contributed by atoms with Crippen molar-refractivity contribution in [2.24, 2.45) is 5.41 Å². The quantitative estimate of drug-likeness (QED) is 0.793. The summed E-state index contributed by atoms with van der Waals surface area (Å²) in [5, 5.41) is 2.99. The van der Waals surface area contributed by atoms with Gasteiger partial charge in [0.2, 0.25) is 11.7 Å². The summed E-state index contributed by atoms with van der Waals surface area (Å²) >= 11 is 0. The van der Waals surface area contributed by atoms with Crippen molar-refractivity contribution in [3.63, 3.8) is 0 Å². The van der Waals surface area contributed by atoms with E-state index in [4.69, 9.17) is 4.74 Å². The molecule has 1 amide bonds. The van der Waals surface area contributed by atoms with Gasteiger partial charge in [0, 0.05) is 18.0 Å². The Bertz CT molecular complexity index is 926. The standard InChI is InChI=1S/C18H17FN4O2/c1-2-18(10-25-11-18)16(24)22-15-14(12-4-6-13(19)7-5-12)21-17-20-8-3-9-23(15)17/h3-9H,2,10-11H2,1H3,(H,22,24). The zero-order valence-electron chi connectivity index (χ0n) is 13.7. The van der Waals surface area contributed by atoms with Crippen LogP contribution in [0.2, 0.25) is 0 Å². The number of nitrogens with one attached hydrogen (secondary N) is 1. The second-order valence-corrected chi connectivity index (χ2v) is 6.19. The molecule has 3 aromatic rings. The monoisotopic (exact) mass is 340 g/mol. The van der Waals surface area contributed by atoms with E-state index in [1.165, 1.54) is 12.1 Å². The van der Waals surface area contributed by atoms with Crippen LogP contribution in [0.4, 0.5) is 10.2 Å². The maximum atomic E-state index is 13.3. The summed E-state index contributed by atoms with van der Waals surface area (Å²) in [4.78, 5) is 21.5. The molecule has 2 aromatic heterocycles. The Labute approximate surface area is 143 Å². The Morgan fingerprint density at radius 3 is 2.76 bits per heavy atom. The fraction of sp³-hybridized carbons (Fsp3) is 0.278. The molecule has 0 saturated carbocycles. The van der Waals surface area contributed by atoms with Gasteiger partial charge in [-0.15, -0.1) is 0 Å². The van der Waals surface area contributed by atoms with Gasteiger partial charge in [0.25, 0.3) is 0 Å². The van der Waals surface area contributed by atoms with Gasteiger partial charge < -0.3 is 10.1 Å². The molecule has 1 aromatic carbocycles. The Morgan fingerprint density at radius 2 is 2.12 bits per heavy atom. The lowest BCUT2D eigenvalue weighted by Crippen LogP contribution is -2.51. The number of carbonyl (C=O) groups is 1. The highest BCUT2D eigenvalue weighted by molar-refractivity contribution is 5.98. The maximum absolute atomic E-state index is 13.3. The molecule has 25 heavy (non-hydrogen) atoms. The molecule has 1 saturated heterocycles. The van der Waals surface area contributed by atoms with Gasteiger partial charge in [0.15, 0.2) is 0 Å². The normalized spacial score (nSPS) is 15.8. The molecule has 128 valence electrons. The Kier molecular flexibility index (Phi) is 3.73. The number of halogens is 1. The van der Waals surface area contributed by atoms with Crippen molar-refractivity contribution in [3.05, 3.63) is 48.5 Å². The second kappa shape index (κ2) is 5.93. The van der Waals surface area contributed by atoms with Crippen LogP contribution in [0.1, 0.15) is 13.3 Å². The van der Waals surface area contributed by atoms with E-state index in [0.717, 1.165) is 0 Å². The molecule has 0 bridgehead atoms. The molecule has 0 atom stereocenters. The average Bonchev–Trinajstić information content (AvgIpc) is 2.94. The first-order valence-corrected chi connectivity index (χ1v) is 8.11. The molecule has 0 aliphatic carbocycles. The number of anilines is 1. The van der Waals surface area contributed by atoms with Gasteiger partial charge in [-0.05, 0) is 36.8 Å². The molecule has 1 aliphatic rings. The SMILES string of the molecule is CCC1(C(=O)Nc2c(-c3ccc(F)cc3)nc3ncccn23)COC1. The second-order valence-electron chi connectivity index (χ2n) is 6.19. The summed E-state index contributed by atoms with van der Waals surface area (Å²) in [7, 11) is 0. The van der Waals surface area contributed by atoms with Gasteiger partial charge >= 0.3 is 0 Å². The van der Waals surface area contributed by atoms with E-state index in [1.807, 2.05) is 6.92 Å². The lowest BCUT2D eigenvalue weighted by molar-refractivity contribution is -0.156. The van der Waals surface area contributed by atoms with Crippen molar-refractivity contribution in [2.45, 2.75) is 13.3 Å². The van der Waals surface area contributed by atoms with Crippen molar-refractivity contribution in [1.82, 2.24) is 14.4 Å². The van der Waals surface area contributed by atoms with Crippen LogP contribution in [0.5, 0.6) is 0 Å². The summed E-state index contributed by atoms with van der Waals surface area (Å²) in [6.07, 6.45) is 4.11. The molecule has 4 rings (SSSR count). The average molecular weight is 340 g/mol. The van der Waals surface area contributed by atoms with E-state index < -0.39 is 5.41 Å². The number of nitrogens with zero attached hydrogens (tertiary/aromatic N) is 3. The Morgan fingerprint density at radius 1 is 1.36 bits per heavy atom. The van der Waals surface area contributed by atoms with E-state index in [9.17, 15) is 9.18 Å². The van der Waals surface area contributed by atoms with Crippen LogP contribution in [-0.4, -0.2) is 33.5 Å². The van der Waals surface area contributed by atoms with Gasteiger partial charge in [0.1, 0.15) is 17.3 Å². The Hall–Kier alpha value is -2.80. The zero-order chi connectivity index (χ0) is 17.4. The number of ether oxygens (including phenoxy) is 1. The number of hydrogen-bond acceptors (Lipinski definition) is 4. The largest absolute Gasteiger partial charge is 0.379 e. The summed E-state index contributed by atoms with van der Waals surface area (Å²) in [6, 6.07) is 7.77. The third kappa shape index (κ3) is 2.56. The highest BCUT2D eigenvalue weighted by Gasteiger charge is 2.44. The highest BCUT2D eigenvalue weighted by Crippen LogP contribution is 2.35. The fourth-order valence-electron chi connectivity index (χ4n) is 2.90. The lowest BCUT2D eigenvalue weighted by Gasteiger charge is -2.38. The van der Waals surface area contributed by atoms with Crippen molar-refractivity contribution in [1.29, 1.82) is 0 Å². The highest BCUT2D eigenvalue weighted by atomic mass is 19.1. The predicted octanol–water partition coefficient (Wildman–Crippen LogP) is 2.90. The smallest absolute Gasteiger partial charge is 0.236 e. The predicted molar refractivity (Wildman–Crippen MR) is 90.6 cm³/mol. The Balaban J connectivity index is 1.79. The van der Waals surface area contributed by atoms with Crippen LogP contribution >= 0.6 is 0 Å². The molecule has 3 heterocycles. The van der Waals surface area contributed by atoms with Crippen LogP contribution < -0.4 is 5.32 Å². The number of amides is 1. The molecule has 6 nitrogen and oxygen atoms in total. The van der Waals surface area contributed by atoms with Crippen molar-refractivity contribution < 1.29 is 13.9 Å². The first-order valence-electron chi connectivity index (χ1n) is 8.11. The third-order valence-electron chi connectivity index (χ3n) is 4.67. The first-order chi connectivity index (χ1) is 12.1. The number of imidazole rings is 1. The van der Waals surface area contributed by atoms with Gasteiger partial charge in [0.05, 0.1) is 18.6 Å². The minimum absolute atomic E-state index is 0.102. The van der Waals surface area contributed by atoms with E-state index >= 15 is 0 Å².